The SMILES string of the molecule is COC(CNC(=O)CN1CCN(c2ccccc2)C1=O)OC. The summed E-state index contributed by atoms with van der Waals surface area (Å²) in [6.45, 7) is 1.38. The molecular weight excluding hydrogens is 286 g/mol. The zero-order valence-electron chi connectivity index (χ0n) is 12.8. The lowest BCUT2D eigenvalue weighted by Crippen LogP contribution is -2.42. The van der Waals surface area contributed by atoms with Gasteiger partial charge in [-0.1, -0.05) is 18.2 Å². The van der Waals surface area contributed by atoms with Crippen molar-refractivity contribution in [2.75, 3.05) is 45.3 Å². The number of nitrogens with one attached hydrogen (secondary N) is 1. The fraction of sp³-hybridized carbons (Fsp3) is 0.467. The topological polar surface area (TPSA) is 71.1 Å². The molecule has 1 aliphatic rings. The number of carbonyl (C=O) groups excluding carboxylic acids is 2. The van der Waals surface area contributed by atoms with Gasteiger partial charge in [0.2, 0.25) is 5.91 Å². The van der Waals surface area contributed by atoms with Gasteiger partial charge in [0, 0.05) is 33.0 Å². The van der Waals surface area contributed by atoms with Gasteiger partial charge in [-0.25, -0.2) is 4.79 Å². The van der Waals surface area contributed by atoms with Crippen LogP contribution >= 0.6 is 0 Å². The second-order valence-electron chi connectivity index (χ2n) is 4.90. The summed E-state index contributed by atoms with van der Waals surface area (Å²) in [6.07, 6.45) is -0.487. The number of hydrogen-bond acceptors (Lipinski definition) is 4. The molecular formula is C15H21N3O4. The van der Waals surface area contributed by atoms with E-state index in [0.29, 0.717) is 13.1 Å². The molecule has 1 heterocycles. The normalized spacial score (nSPS) is 14.8. The molecule has 1 aliphatic heterocycles. The Morgan fingerprint density at radius 2 is 1.91 bits per heavy atom. The fourth-order valence-corrected chi connectivity index (χ4v) is 2.27. The lowest BCUT2D eigenvalue weighted by atomic mass is 10.3. The van der Waals surface area contributed by atoms with Gasteiger partial charge in [0.15, 0.2) is 6.29 Å². The van der Waals surface area contributed by atoms with Gasteiger partial charge in [0.05, 0.1) is 6.54 Å². The maximum absolute atomic E-state index is 12.3. The second-order valence-corrected chi connectivity index (χ2v) is 4.90. The Hall–Kier alpha value is -2.12. The Kier molecular flexibility index (Phi) is 5.74. The minimum Gasteiger partial charge on any atom is -0.354 e. The van der Waals surface area contributed by atoms with E-state index < -0.39 is 6.29 Å². The number of urea groups is 1. The quantitative estimate of drug-likeness (QED) is 0.751. The van der Waals surface area contributed by atoms with Crippen LogP contribution in [0, 0.1) is 0 Å². The van der Waals surface area contributed by atoms with E-state index in [-0.39, 0.29) is 25.0 Å². The number of nitrogens with zero attached hydrogens (tertiary/aromatic N) is 2. The third kappa shape index (κ3) is 3.96. The van der Waals surface area contributed by atoms with Crippen molar-refractivity contribution in [3.8, 4) is 0 Å². The third-order valence-electron chi connectivity index (χ3n) is 3.49. The highest BCUT2D eigenvalue weighted by Crippen LogP contribution is 2.19. The molecule has 0 unspecified atom stereocenters. The second kappa shape index (κ2) is 7.77. The molecule has 1 aromatic rings. The predicted molar refractivity (Wildman–Crippen MR) is 81.6 cm³/mol. The first-order valence-electron chi connectivity index (χ1n) is 7.09. The molecule has 1 N–H and O–H groups in total. The Morgan fingerprint density at radius 3 is 2.55 bits per heavy atom. The lowest BCUT2D eigenvalue weighted by Gasteiger charge is -2.19. The molecule has 0 bridgehead atoms. The van der Waals surface area contributed by atoms with Crippen LogP contribution in [0.5, 0.6) is 0 Å². The number of rotatable bonds is 7. The van der Waals surface area contributed by atoms with Gasteiger partial charge in [0.1, 0.15) is 6.54 Å². The van der Waals surface area contributed by atoms with Gasteiger partial charge in [0.25, 0.3) is 0 Å². The first-order chi connectivity index (χ1) is 10.7. The van der Waals surface area contributed by atoms with E-state index >= 15 is 0 Å². The summed E-state index contributed by atoms with van der Waals surface area (Å²) in [5.41, 5.74) is 0.842. The van der Waals surface area contributed by atoms with Gasteiger partial charge < -0.3 is 19.7 Å². The molecule has 0 saturated carbocycles. The number of anilines is 1. The number of benzene rings is 1. The number of ether oxygens (including phenoxy) is 2. The van der Waals surface area contributed by atoms with E-state index in [1.807, 2.05) is 30.3 Å². The molecule has 0 aromatic heterocycles. The summed E-state index contributed by atoms with van der Waals surface area (Å²) in [6, 6.07) is 9.27. The van der Waals surface area contributed by atoms with Crippen molar-refractivity contribution in [3.63, 3.8) is 0 Å². The molecule has 0 atom stereocenters. The van der Waals surface area contributed by atoms with Crippen LogP contribution < -0.4 is 10.2 Å². The minimum absolute atomic E-state index is 0.0301. The highest BCUT2D eigenvalue weighted by atomic mass is 16.7. The van der Waals surface area contributed by atoms with Gasteiger partial charge in [-0.2, -0.15) is 0 Å². The number of para-hydroxylation sites is 1. The molecule has 0 radical (unpaired) electrons. The molecule has 1 saturated heterocycles. The number of amides is 3. The standard InChI is InChI=1S/C15H21N3O4/c1-21-14(22-2)10-16-13(19)11-17-8-9-18(15(17)20)12-6-4-3-5-7-12/h3-7,14H,8-11H2,1-2H3,(H,16,19). The van der Waals surface area contributed by atoms with Crippen molar-refractivity contribution < 1.29 is 19.1 Å². The monoisotopic (exact) mass is 307 g/mol. The fourth-order valence-electron chi connectivity index (χ4n) is 2.27. The van der Waals surface area contributed by atoms with E-state index in [1.165, 1.54) is 19.1 Å². The molecule has 1 aromatic carbocycles. The molecule has 3 amide bonds. The predicted octanol–water partition coefficient (Wildman–Crippen LogP) is 0.664. The van der Waals surface area contributed by atoms with Gasteiger partial charge >= 0.3 is 6.03 Å². The Bertz CT molecular complexity index is 505. The van der Waals surface area contributed by atoms with Crippen LogP contribution in [0.1, 0.15) is 0 Å². The van der Waals surface area contributed by atoms with E-state index in [1.54, 1.807) is 4.90 Å². The molecule has 2 rings (SSSR count). The average Bonchev–Trinajstić information content (AvgIpc) is 2.90. The lowest BCUT2D eigenvalue weighted by molar-refractivity contribution is -0.127. The van der Waals surface area contributed by atoms with Gasteiger partial charge in [-0.05, 0) is 12.1 Å². The highest BCUT2D eigenvalue weighted by molar-refractivity contribution is 5.96. The Labute approximate surface area is 129 Å². The van der Waals surface area contributed by atoms with Crippen LogP contribution in [0.25, 0.3) is 0 Å². The largest absolute Gasteiger partial charge is 0.354 e. The summed E-state index contributed by atoms with van der Waals surface area (Å²) in [5, 5.41) is 2.69. The van der Waals surface area contributed by atoms with Gasteiger partial charge in [-0.15, -0.1) is 0 Å². The maximum Gasteiger partial charge on any atom is 0.325 e. The summed E-state index contributed by atoms with van der Waals surface area (Å²) in [4.78, 5) is 27.4. The minimum atomic E-state index is -0.487. The molecule has 1 fully saturated rings. The zero-order chi connectivity index (χ0) is 15.9. The van der Waals surface area contributed by atoms with E-state index in [4.69, 9.17) is 9.47 Å². The van der Waals surface area contributed by atoms with Crippen LogP contribution in [0.15, 0.2) is 30.3 Å². The van der Waals surface area contributed by atoms with Crippen LogP contribution in [0.4, 0.5) is 10.5 Å². The Morgan fingerprint density at radius 1 is 1.23 bits per heavy atom. The Balaban J connectivity index is 1.84. The summed E-state index contributed by atoms with van der Waals surface area (Å²) in [7, 11) is 3.00. The van der Waals surface area contributed by atoms with Gasteiger partial charge in [-0.3, -0.25) is 9.69 Å². The summed E-state index contributed by atoms with van der Waals surface area (Å²) < 4.78 is 9.98. The van der Waals surface area contributed by atoms with Crippen LogP contribution in [0.3, 0.4) is 0 Å². The van der Waals surface area contributed by atoms with E-state index in [0.717, 1.165) is 5.69 Å². The van der Waals surface area contributed by atoms with E-state index in [9.17, 15) is 9.59 Å². The number of methoxy groups -OCH3 is 2. The smallest absolute Gasteiger partial charge is 0.325 e. The molecule has 0 spiro atoms. The van der Waals surface area contributed by atoms with Crippen molar-refractivity contribution in [1.82, 2.24) is 10.2 Å². The van der Waals surface area contributed by atoms with Crippen molar-refractivity contribution in [2.45, 2.75) is 6.29 Å². The average molecular weight is 307 g/mol. The van der Waals surface area contributed by atoms with Crippen LogP contribution in [-0.4, -0.2) is 63.5 Å². The number of carbonyl (C=O) groups is 2. The maximum atomic E-state index is 12.3. The van der Waals surface area contributed by atoms with Crippen molar-refractivity contribution >= 4 is 17.6 Å². The number of hydrogen-bond donors (Lipinski definition) is 1. The molecule has 7 nitrogen and oxygen atoms in total. The van der Waals surface area contributed by atoms with Crippen LogP contribution in [0.2, 0.25) is 0 Å². The summed E-state index contributed by atoms with van der Waals surface area (Å²) in [5.74, 6) is -0.234. The van der Waals surface area contributed by atoms with Crippen molar-refractivity contribution in [3.05, 3.63) is 30.3 Å². The zero-order valence-corrected chi connectivity index (χ0v) is 12.8. The van der Waals surface area contributed by atoms with E-state index in [2.05, 4.69) is 5.32 Å². The highest BCUT2D eigenvalue weighted by Gasteiger charge is 2.30. The first kappa shape index (κ1) is 16.3. The summed E-state index contributed by atoms with van der Waals surface area (Å²) >= 11 is 0. The molecule has 7 heteroatoms. The molecule has 22 heavy (non-hydrogen) atoms. The van der Waals surface area contributed by atoms with Crippen LogP contribution in [-0.2, 0) is 14.3 Å². The molecule has 120 valence electrons. The van der Waals surface area contributed by atoms with Crippen molar-refractivity contribution in [2.24, 2.45) is 0 Å². The molecule has 0 aliphatic carbocycles. The third-order valence-corrected chi connectivity index (χ3v) is 3.49. The van der Waals surface area contributed by atoms with Crippen molar-refractivity contribution in [1.29, 1.82) is 0 Å². The first-order valence-corrected chi connectivity index (χ1v) is 7.09.